The summed E-state index contributed by atoms with van der Waals surface area (Å²) >= 11 is 0. The smallest absolute Gasteiger partial charge is 0.0519 e. The van der Waals surface area contributed by atoms with Crippen molar-refractivity contribution in [2.24, 2.45) is 17.3 Å². The molecule has 1 aliphatic rings. The third kappa shape index (κ3) is 1.96. The number of hydrogen-bond donors (Lipinski definition) is 0. The molecule has 1 heteroatoms. The van der Waals surface area contributed by atoms with Gasteiger partial charge in [0.15, 0.2) is 0 Å². The largest absolute Gasteiger partial charge is 0.381 e. The highest BCUT2D eigenvalue weighted by Crippen LogP contribution is 2.38. The average molecular weight is 156 g/mol. The molecule has 0 aromatic heterocycles. The zero-order valence-electron chi connectivity index (χ0n) is 8.18. The maximum Gasteiger partial charge on any atom is 0.0519 e. The molecule has 0 saturated carbocycles. The predicted octanol–water partition coefficient (Wildman–Crippen LogP) is 2.71. The highest BCUT2D eigenvalue weighted by molar-refractivity contribution is 4.82. The lowest BCUT2D eigenvalue weighted by molar-refractivity contribution is -0.0473. The summed E-state index contributed by atoms with van der Waals surface area (Å²) in [5.74, 6) is 1.64. The van der Waals surface area contributed by atoms with Crippen molar-refractivity contribution in [3.05, 3.63) is 0 Å². The van der Waals surface area contributed by atoms with E-state index >= 15 is 0 Å². The molecule has 0 N–H and O–H groups in total. The molecular formula is C10H20O. The summed E-state index contributed by atoms with van der Waals surface area (Å²) in [7, 11) is 0. The maximum atomic E-state index is 5.47. The Hall–Kier alpha value is -0.0400. The molecule has 0 aromatic rings. The topological polar surface area (TPSA) is 9.23 Å². The van der Waals surface area contributed by atoms with Crippen LogP contribution in [0.25, 0.3) is 0 Å². The van der Waals surface area contributed by atoms with E-state index in [4.69, 9.17) is 4.74 Å². The second-order valence-corrected chi connectivity index (χ2v) is 4.68. The Morgan fingerprint density at radius 1 is 1.36 bits per heavy atom. The quantitative estimate of drug-likeness (QED) is 0.567. The fourth-order valence-corrected chi connectivity index (χ4v) is 2.28. The molecule has 1 rings (SSSR count). The molecule has 1 fully saturated rings. The van der Waals surface area contributed by atoms with Crippen LogP contribution in [0.4, 0.5) is 0 Å². The van der Waals surface area contributed by atoms with E-state index in [0.29, 0.717) is 5.41 Å². The van der Waals surface area contributed by atoms with Gasteiger partial charge in [-0.3, -0.25) is 0 Å². The van der Waals surface area contributed by atoms with Gasteiger partial charge in [-0.1, -0.05) is 27.7 Å². The summed E-state index contributed by atoms with van der Waals surface area (Å²) in [6.07, 6.45) is 1.24. The van der Waals surface area contributed by atoms with Crippen molar-refractivity contribution in [1.29, 1.82) is 0 Å². The van der Waals surface area contributed by atoms with E-state index in [1.54, 1.807) is 0 Å². The fourth-order valence-electron chi connectivity index (χ4n) is 2.28. The van der Waals surface area contributed by atoms with E-state index in [-0.39, 0.29) is 0 Å². The van der Waals surface area contributed by atoms with Gasteiger partial charge in [-0.25, -0.2) is 0 Å². The van der Waals surface area contributed by atoms with E-state index in [1.807, 2.05) is 0 Å². The van der Waals surface area contributed by atoms with Gasteiger partial charge < -0.3 is 4.74 Å². The molecule has 0 aliphatic carbocycles. The second-order valence-electron chi connectivity index (χ2n) is 4.68. The molecule has 1 nitrogen and oxygen atoms in total. The third-order valence-electron chi connectivity index (χ3n) is 2.86. The molecule has 11 heavy (non-hydrogen) atoms. The molecule has 0 aromatic carbocycles. The van der Waals surface area contributed by atoms with Gasteiger partial charge in [-0.05, 0) is 23.7 Å². The molecular weight excluding hydrogens is 136 g/mol. The Balaban J connectivity index is 2.60. The minimum absolute atomic E-state index is 0.395. The normalized spacial score (nSPS) is 30.8. The van der Waals surface area contributed by atoms with Crippen molar-refractivity contribution in [3.63, 3.8) is 0 Å². The van der Waals surface area contributed by atoms with Crippen molar-refractivity contribution in [2.45, 2.75) is 34.1 Å². The minimum atomic E-state index is 0.395. The number of rotatable bonds is 1. The van der Waals surface area contributed by atoms with Crippen LogP contribution < -0.4 is 0 Å². The predicted molar refractivity (Wildman–Crippen MR) is 47.5 cm³/mol. The van der Waals surface area contributed by atoms with Gasteiger partial charge in [0.05, 0.1) is 6.61 Å². The Bertz CT molecular complexity index is 127. The standard InChI is InChI=1S/C10H20O/c1-8(2)9-5-6-11-7-10(9,3)4/h8-9H,5-7H2,1-4H3. The lowest BCUT2D eigenvalue weighted by Gasteiger charge is -2.40. The summed E-state index contributed by atoms with van der Waals surface area (Å²) < 4.78 is 5.47. The highest BCUT2D eigenvalue weighted by Gasteiger charge is 2.34. The van der Waals surface area contributed by atoms with Gasteiger partial charge in [-0.2, -0.15) is 0 Å². The Morgan fingerprint density at radius 3 is 2.36 bits per heavy atom. The average Bonchev–Trinajstić information content (AvgIpc) is 1.85. The van der Waals surface area contributed by atoms with Crippen molar-refractivity contribution < 1.29 is 4.74 Å². The lowest BCUT2D eigenvalue weighted by Crippen LogP contribution is -2.37. The third-order valence-corrected chi connectivity index (χ3v) is 2.86. The molecule has 0 radical (unpaired) electrons. The first-order chi connectivity index (χ1) is 5.04. The number of ether oxygens (including phenoxy) is 1. The molecule has 1 aliphatic heterocycles. The summed E-state index contributed by atoms with van der Waals surface area (Å²) in [5, 5.41) is 0. The van der Waals surface area contributed by atoms with Crippen LogP contribution >= 0.6 is 0 Å². The van der Waals surface area contributed by atoms with Crippen LogP contribution in [0.3, 0.4) is 0 Å². The van der Waals surface area contributed by atoms with E-state index in [1.165, 1.54) is 6.42 Å². The minimum Gasteiger partial charge on any atom is -0.381 e. The van der Waals surface area contributed by atoms with E-state index in [9.17, 15) is 0 Å². The lowest BCUT2D eigenvalue weighted by atomic mass is 9.71. The fraction of sp³-hybridized carbons (Fsp3) is 1.00. The molecule has 0 bridgehead atoms. The highest BCUT2D eigenvalue weighted by atomic mass is 16.5. The monoisotopic (exact) mass is 156 g/mol. The summed E-state index contributed by atoms with van der Waals surface area (Å²) in [4.78, 5) is 0. The first-order valence-corrected chi connectivity index (χ1v) is 4.62. The Morgan fingerprint density at radius 2 is 2.00 bits per heavy atom. The van der Waals surface area contributed by atoms with Crippen LogP contribution in [0.5, 0.6) is 0 Å². The SMILES string of the molecule is CC(C)C1CCOCC1(C)C. The molecule has 0 spiro atoms. The van der Waals surface area contributed by atoms with Gasteiger partial charge in [0, 0.05) is 6.61 Å². The first kappa shape index (κ1) is 9.05. The zero-order chi connectivity index (χ0) is 8.48. The number of hydrogen-bond acceptors (Lipinski definition) is 1. The second kappa shape index (κ2) is 3.14. The van der Waals surface area contributed by atoms with Crippen LogP contribution in [0.15, 0.2) is 0 Å². The zero-order valence-corrected chi connectivity index (χ0v) is 8.18. The van der Waals surface area contributed by atoms with Crippen LogP contribution in [-0.4, -0.2) is 13.2 Å². The van der Waals surface area contributed by atoms with Crippen molar-refractivity contribution >= 4 is 0 Å². The van der Waals surface area contributed by atoms with Crippen molar-refractivity contribution in [1.82, 2.24) is 0 Å². The van der Waals surface area contributed by atoms with Crippen LogP contribution in [0, 0.1) is 17.3 Å². The molecule has 66 valence electrons. The molecule has 1 saturated heterocycles. The van der Waals surface area contributed by atoms with Gasteiger partial charge in [0.2, 0.25) is 0 Å². The van der Waals surface area contributed by atoms with Crippen molar-refractivity contribution in [3.8, 4) is 0 Å². The Labute approximate surface area is 70.1 Å². The van der Waals surface area contributed by atoms with Crippen molar-refractivity contribution in [2.75, 3.05) is 13.2 Å². The van der Waals surface area contributed by atoms with Gasteiger partial charge in [0.1, 0.15) is 0 Å². The summed E-state index contributed by atoms with van der Waals surface area (Å²) in [6, 6.07) is 0. The van der Waals surface area contributed by atoms with E-state index in [2.05, 4.69) is 27.7 Å². The van der Waals surface area contributed by atoms with Gasteiger partial charge in [0.25, 0.3) is 0 Å². The van der Waals surface area contributed by atoms with E-state index in [0.717, 1.165) is 25.0 Å². The van der Waals surface area contributed by atoms with Crippen LogP contribution in [0.1, 0.15) is 34.1 Å². The van der Waals surface area contributed by atoms with Crippen LogP contribution in [0.2, 0.25) is 0 Å². The van der Waals surface area contributed by atoms with E-state index < -0.39 is 0 Å². The van der Waals surface area contributed by atoms with Crippen LogP contribution in [-0.2, 0) is 4.74 Å². The molecule has 0 amide bonds. The molecule has 1 unspecified atom stereocenters. The van der Waals surface area contributed by atoms with Gasteiger partial charge >= 0.3 is 0 Å². The summed E-state index contributed by atoms with van der Waals surface area (Å²) in [6.45, 7) is 11.2. The Kier molecular flexibility index (Phi) is 2.58. The first-order valence-electron chi connectivity index (χ1n) is 4.62. The maximum absolute atomic E-state index is 5.47. The van der Waals surface area contributed by atoms with Gasteiger partial charge in [-0.15, -0.1) is 0 Å². The molecule has 1 atom stereocenters. The summed E-state index contributed by atoms with van der Waals surface area (Å²) in [5.41, 5.74) is 0.395. The molecule has 1 heterocycles.